The molecule has 3 unspecified atom stereocenters. The summed E-state index contributed by atoms with van der Waals surface area (Å²) in [6, 6.07) is 6.03. The van der Waals surface area contributed by atoms with Crippen LogP contribution in [0.3, 0.4) is 0 Å². The van der Waals surface area contributed by atoms with Gasteiger partial charge in [-0.25, -0.2) is 0 Å². The number of likely N-dealkylation sites (N-methyl/N-ethyl adjacent to an activating group) is 1. The summed E-state index contributed by atoms with van der Waals surface area (Å²) < 4.78 is 0. The Balaban J connectivity index is 2.43. The van der Waals surface area contributed by atoms with Crippen molar-refractivity contribution in [3.63, 3.8) is 0 Å². The van der Waals surface area contributed by atoms with Gasteiger partial charge < -0.3 is 5.32 Å². The highest BCUT2D eigenvalue weighted by molar-refractivity contribution is 7.10. The Morgan fingerprint density at radius 2 is 2.06 bits per heavy atom. The summed E-state index contributed by atoms with van der Waals surface area (Å²) in [5.41, 5.74) is 0. The van der Waals surface area contributed by atoms with Gasteiger partial charge in [0.1, 0.15) is 0 Å². The van der Waals surface area contributed by atoms with Crippen LogP contribution < -0.4 is 5.32 Å². The first-order chi connectivity index (χ1) is 8.06. The Kier molecular flexibility index (Phi) is 6.17. The molecule has 0 radical (unpaired) electrons. The van der Waals surface area contributed by atoms with E-state index in [-0.39, 0.29) is 0 Å². The molecular formula is C14H26N2S. The fourth-order valence-electron chi connectivity index (χ4n) is 1.77. The van der Waals surface area contributed by atoms with Crippen molar-refractivity contribution < 1.29 is 0 Å². The van der Waals surface area contributed by atoms with Crippen LogP contribution in [0, 0.1) is 0 Å². The smallest absolute Gasteiger partial charge is 0.0413 e. The molecule has 0 spiro atoms. The SMILES string of the molecule is CCC(C)NCC(C)N(C)C(C)c1cccs1. The van der Waals surface area contributed by atoms with Gasteiger partial charge in [0.25, 0.3) is 0 Å². The Hall–Kier alpha value is -0.380. The first-order valence-electron chi connectivity index (χ1n) is 6.55. The van der Waals surface area contributed by atoms with Crippen molar-refractivity contribution in [2.75, 3.05) is 13.6 Å². The van der Waals surface area contributed by atoms with Crippen molar-refractivity contribution in [3.05, 3.63) is 22.4 Å². The Morgan fingerprint density at radius 1 is 1.35 bits per heavy atom. The molecule has 0 aliphatic rings. The van der Waals surface area contributed by atoms with Gasteiger partial charge in [-0.15, -0.1) is 11.3 Å². The quantitative estimate of drug-likeness (QED) is 0.801. The maximum absolute atomic E-state index is 3.57. The zero-order valence-electron chi connectivity index (χ0n) is 11.7. The second kappa shape index (κ2) is 7.14. The number of rotatable bonds is 7. The largest absolute Gasteiger partial charge is 0.313 e. The van der Waals surface area contributed by atoms with Gasteiger partial charge >= 0.3 is 0 Å². The van der Waals surface area contributed by atoms with Gasteiger partial charge in [0.2, 0.25) is 0 Å². The lowest BCUT2D eigenvalue weighted by atomic mass is 10.1. The molecule has 1 aromatic heterocycles. The van der Waals surface area contributed by atoms with Crippen LogP contribution in [0.4, 0.5) is 0 Å². The summed E-state index contributed by atoms with van der Waals surface area (Å²) in [7, 11) is 2.22. The van der Waals surface area contributed by atoms with Crippen molar-refractivity contribution >= 4 is 11.3 Å². The van der Waals surface area contributed by atoms with Gasteiger partial charge in [-0.1, -0.05) is 13.0 Å². The minimum atomic E-state index is 0.503. The van der Waals surface area contributed by atoms with Gasteiger partial charge in [0.15, 0.2) is 0 Å². The molecule has 0 bridgehead atoms. The van der Waals surface area contributed by atoms with Crippen LogP contribution in [-0.2, 0) is 0 Å². The number of hydrogen-bond donors (Lipinski definition) is 1. The summed E-state index contributed by atoms with van der Waals surface area (Å²) in [4.78, 5) is 3.89. The second-order valence-electron chi connectivity index (χ2n) is 4.92. The summed E-state index contributed by atoms with van der Waals surface area (Å²) in [5.74, 6) is 0. The predicted molar refractivity (Wildman–Crippen MR) is 77.7 cm³/mol. The van der Waals surface area contributed by atoms with Crippen LogP contribution in [0.25, 0.3) is 0 Å². The third-order valence-electron chi connectivity index (χ3n) is 3.64. The molecular weight excluding hydrogens is 228 g/mol. The van der Waals surface area contributed by atoms with Gasteiger partial charge in [0, 0.05) is 29.5 Å². The third-order valence-corrected chi connectivity index (χ3v) is 4.68. The highest BCUT2D eigenvalue weighted by atomic mass is 32.1. The summed E-state index contributed by atoms with van der Waals surface area (Å²) in [6.07, 6.45) is 1.19. The summed E-state index contributed by atoms with van der Waals surface area (Å²) >= 11 is 1.84. The first kappa shape index (κ1) is 14.7. The predicted octanol–water partition coefficient (Wildman–Crippen LogP) is 3.52. The molecule has 0 aliphatic heterocycles. The Bertz CT molecular complexity index is 297. The molecule has 0 amide bonds. The minimum Gasteiger partial charge on any atom is -0.313 e. The standard InChI is InChI=1S/C14H26N2S/c1-6-11(2)15-10-12(3)16(5)13(4)14-8-7-9-17-14/h7-9,11-13,15H,6,10H2,1-5H3. The van der Waals surface area contributed by atoms with Crippen LogP contribution in [0.2, 0.25) is 0 Å². The van der Waals surface area contributed by atoms with Gasteiger partial charge in [0.05, 0.1) is 0 Å². The number of nitrogens with zero attached hydrogens (tertiary/aromatic N) is 1. The summed E-state index contributed by atoms with van der Waals surface area (Å²) in [5, 5.41) is 5.73. The third kappa shape index (κ3) is 4.41. The molecule has 0 saturated heterocycles. The van der Waals surface area contributed by atoms with Crippen molar-refractivity contribution in [1.29, 1.82) is 0 Å². The maximum Gasteiger partial charge on any atom is 0.0413 e. The first-order valence-corrected chi connectivity index (χ1v) is 7.42. The molecule has 3 atom stereocenters. The molecule has 1 heterocycles. The molecule has 2 nitrogen and oxygen atoms in total. The Labute approximate surface area is 110 Å². The van der Waals surface area contributed by atoms with Gasteiger partial charge in [-0.3, -0.25) is 4.90 Å². The van der Waals surface area contributed by atoms with E-state index in [1.807, 2.05) is 11.3 Å². The average molecular weight is 254 g/mol. The fraction of sp³-hybridized carbons (Fsp3) is 0.714. The van der Waals surface area contributed by atoms with Crippen LogP contribution in [0.5, 0.6) is 0 Å². The highest BCUT2D eigenvalue weighted by Crippen LogP contribution is 2.24. The number of thiophene rings is 1. The number of nitrogens with one attached hydrogen (secondary N) is 1. The van der Waals surface area contributed by atoms with E-state index in [4.69, 9.17) is 0 Å². The minimum absolute atomic E-state index is 0.503. The maximum atomic E-state index is 3.57. The van der Waals surface area contributed by atoms with Crippen LogP contribution >= 0.6 is 11.3 Å². The van der Waals surface area contributed by atoms with E-state index in [0.717, 1.165) is 6.54 Å². The molecule has 0 fully saturated rings. The highest BCUT2D eigenvalue weighted by Gasteiger charge is 2.18. The topological polar surface area (TPSA) is 15.3 Å². The molecule has 0 aromatic carbocycles. The lowest BCUT2D eigenvalue weighted by molar-refractivity contribution is 0.192. The molecule has 1 N–H and O–H groups in total. The molecule has 17 heavy (non-hydrogen) atoms. The molecule has 98 valence electrons. The van der Waals surface area contributed by atoms with E-state index in [2.05, 4.69) is 62.5 Å². The van der Waals surface area contributed by atoms with E-state index >= 15 is 0 Å². The van der Waals surface area contributed by atoms with Crippen LogP contribution in [-0.4, -0.2) is 30.6 Å². The van der Waals surface area contributed by atoms with E-state index < -0.39 is 0 Å². The lowest BCUT2D eigenvalue weighted by Crippen LogP contribution is -2.41. The van der Waals surface area contributed by atoms with Crippen molar-refractivity contribution in [2.45, 2.75) is 52.2 Å². The zero-order chi connectivity index (χ0) is 12.8. The zero-order valence-corrected chi connectivity index (χ0v) is 12.6. The van der Waals surface area contributed by atoms with E-state index in [9.17, 15) is 0 Å². The second-order valence-corrected chi connectivity index (χ2v) is 5.90. The average Bonchev–Trinajstić information content (AvgIpc) is 2.87. The van der Waals surface area contributed by atoms with Crippen LogP contribution in [0.15, 0.2) is 17.5 Å². The fourth-order valence-corrected chi connectivity index (χ4v) is 2.61. The van der Waals surface area contributed by atoms with Crippen molar-refractivity contribution in [2.24, 2.45) is 0 Å². The van der Waals surface area contributed by atoms with Crippen molar-refractivity contribution in [1.82, 2.24) is 10.2 Å². The van der Waals surface area contributed by atoms with Crippen LogP contribution in [0.1, 0.15) is 45.0 Å². The molecule has 0 saturated carbocycles. The summed E-state index contributed by atoms with van der Waals surface area (Å²) in [6.45, 7) is 10.1. The molecule has 3 heteroatoms. The lowest BCUT2D eigenvalue weighted by Gasteiger charge is -2.31. The van der Waals surface area contributed by atoms with E-state index in [1.165, 1.54) is 11.3 Å². The molecule has 1 rings (SSSR count). The number of hydrogen-bond acceptors (Lipinski definition) is 3. The van der Waals surface area contributed by atoms with E-state index in [1.54, 1.807) is 0 Å². The molecule has 1 aromatic rings. The normalized spacial score (nSPS) is 17.1. The molecule has 0 aliphatic carbocycles. The Morgan fingerprint density at radius 3 is 2.59 bits per heavy atom. The van der Waals surface area contributed by atoms with E-state index in [0.29, 0.717) is 18.1 Å². The van der Waals surface area contributed by atoms with Gasteiger partial charge in [-0.2, -0.15) is 0 Å². The monoisotopic (exact) mass is 254 g/mol. The van der Waals surface area contributed by atoms with Gasteiger partial charge in [-0.05, 0) is 45.7 Å². The van der Waals surface area contributed by atoms with Crippen molar-refractivity contribution in [3.8, 4) is 0 Å².